The third-order valence-electron chi connectivity index (χ3n) is 1.99. The molecule has 16 heavy (non-hydrogen) atoms. The van der Waals surface area contributed by atoms with Crippen molar-refractivity contribution < 1.29 is 14.6 Å². The molecule has 1 aromatic rings. The first-order chi connectivity index (χ1) is 7.54. The van der Waals surface area contributed by atoms with Crippen LogP contribution in [0.1, 0.15) is 17.3 Å². The largest absolute Gasteiger partial charge is 0.507 e. The van der Waals surface area contributed by atoms with E-state index in [1.165, 1.54) is 19.2 Å². The molecule has 0 aliphatic heterocycles. The molecule has 5 heteroatoms. The van der Waals surface area contributed by atoms with E-state index in [1.54, 1.807) is 13.0 Å². The summed E-state index contributed by atoms with van der Waals surface area (Å²) in [5, 5.41) is 12.0. The lowest BCUT2D eigenvalue weighted by Crippen LogP contribution is -2.28. The first kappa shape index (κ1) is 12.6. The van der Waals surface area contributed by atoms with Gasteiger partial charge in [-0.25, -0.2) is 0 Å². The Morgan fingerprint density at radius 3 is 2.81 bits per heavy atom. The van der Waals surface area contributed by atoms with Gasteiger partial charge in [0, 0.05) is 18.0 Å². The van der Waals surface area contributed by atoms with Crippen LogP contribution >= 0.6 is 11.6 Å². The van der Waals surface area contributed by atoms with E-state index in [2.05, 4.69) is 5.32 Å². The summed E-state index contributed by atoms with van der Waals surface area (Å²) in [7, 11) is 1.49. The molecular formula is C11H14ClNO3. The Morgan fingerprint density at radius 1 is 1.62 bits per heavy atom. The van der Waals surface area contributed by atoms with E-state index in [1.807, 2.05) is 0 Å². The number of ether oxygens (including phenoxy) is 1. The number of aromatic hydroxyl groups is 1. The van der Waals surface area contributed by atoms with Crippen LogP contribution in [-0.4, -0.2) is 30.0 Å². The second-order valence-electron chi connectivity index (χ2n) is 3.37. The molecule has 1 unspecified atom stereocenters. The highest BCUT2D eigenvalue weighted by Crippen LogP contribution is 2.23. The number of hydrogen-bond acceptors (Lipinski definition) is 3. The molecule has 0 radical (unpaired) electrons. The monoisotopic (exact) mass is 243 g/mol. The van der Waals surface area contributed by atoms with Gasteiger partial charge in [-0.3, -0.25) is 4.79 Å². The molecule has 0 aliphatic rings. The fourth-order valence-electron chi connectivity index (χ4n) is 1.16. The lowest BCUT2D eigenvalue weighted by molar-refractivity contribution is 0.0951. The standard InChI is InChI=1S/C11H14ClNO3/c1-7(12)6-13-11(15)9-4-3-8(16-2)5-10(9)14/h3-5,7,14H,6H2,1-2H3,(H,13,15). The summed E-state index contributed by atoms with van der Waals surface area (Å²) in [5.41, 5.74) is 0.207. The Bertz CT molecular complexity index is 379. The third-order valence-corrected chi connectivity index (χ3v) is 2.15. The summed E-state index contributed by atoms with van der Waals surface area (Å²) in [6.45, 7) is 2.13. The van der Waals surface area contributed by atoms with Gasteiger partial charge in [0.25, 0.3) is 5.91 Å². The predicted octanol–water partition coefficient (Wildman–Crippen LogP) is 1.76. The van der Waals surface area contributed by atoms with Crippen LogP contribution in [0.15, 0.2) is 18.2 Å². The van der Waals surface area contributed by atoms with Crippen molar-refractivity contribution in [1.82, 2.24) is 5.32 Å². The zero-order valence-electron chi connectivity index (χ0n) is 9.16. The van der Waals surface area contributed by atoms with E-state index in [-0.39, 0.29) is 22.6 Å². The van der Waals surface area contributed by atoms with Crippen molar-refractivity contribution in [3.05, 3.63) is 23.8 Å². The number of carbonyl (C=O) groups is 1. The minimum absolute atomic E-state index is 0.112. The molecule has 1 amide bonds. The van der Waals surface area contributed by atoms with Crippen molar-refractivity contribution in [2.45, 2.75) is 12.3 Å². The Hall–Kier alpha value is -1.42. The number of rotatable bonds is 4. The van der Waals surface area contributed by atoms with E-state index in [9.17, 15) is 9.90 Å². The highest BCUT2D eigenvalue weighted by molar-refractivity contribution is 6.20. The number of alkyl halides is 1. The number of phenols is 1. The summed E-state index contributed by atoms with van der Waals surface area (Å²) in [4.78, 5) is 11.6. The quantitative estimate of drug-likeness (QED) is 0.793. The van der Waals surface area contributed by atoms with Gasteiger partial charge in [0.15, 0.2) is 0 Å². The molecule has 0 spiro atoms. The second-order valence-corrected chi connectivity index (χ2v) is 4.12. The Morgan fingerprint density at radius 2 is 2.31 bits per heavy atom. The topological polar surface area (TPSA) is 58.6 Å². The number of carbonyl (C=O) groups excluding carboxylic acids is 1. The van der Waals surface area contributed by atoms with Crippen LogP contribution in [-0.2, 0) is 0 Å². The van der Waals surface area contributed by atoms with Crippen molar-refractivity contribution in [2.75, 3.05) is 13.7 Å². The SMILES string of the molecule is COc1ccc(C(=O)NCC(C)Cl)c(O)c1. The van der Waals surface area contributed by atoms with Crippen LogP contribution in [0, 0.1) is 0 Å². The Labute approximate surface area is 99.2 Å². The molecule has 0 bridgehead atoms. The van der Waals surface area contributed by atoms with Crippen molar-refractivity contribution in [2.24, 2.45) is 0 Å². The van der Waals surface area contributed by atoms with Crippen molar-refractivity contribution >= 4 is 17.5 Å². The summed E-state index contributed by atoms with van der Waals surface area (Å²) in [6, 6.07) is 4.50. The van der Waals surface area contributed by atoms with Gasteiger partial charge in [-0.2, -0.15) is 0 Å². The Balaban J connectivity index is 2.76. The summed E-state index contributed by atoms with van der Waals surface area (Å²) in [6.07, 6.45) is 0. The smallest absolute Gasteiger partial charge is 0.255 e. The van der Waals surface area contributed by atoms with Crippen LogP contribution in [0.4, 0.5) is 0 Å². The van der Waals surface area contributed by atoms with Gasteiger partial charge >= 0.3 is 0 Å². The molecule has 0 heterocycles. The van der Waals surface area contributed by atoms with E-state index in [0.29, 0.717) is 12.3 Å². The lowest BCUT2D eigenvalue weighted by atomic mass is 10.2. The molecule has 4 nitrogen and oxygen atoms in total. The number of benzene rings is 1. The van der Waals surface area contributed by atoms with Gasteiger partial charge in [0.05, 0.1) is 12.7 Å². The maximum atomic E-state index is 11.6. The molecule has 1 aromatic carbocycles. The minimum atomic E-state index is -0.354. The zero-order chi connectivity index (χ0) is 12.1. The average molecular weight is 244 g/mol. The Kier molecular flexibility index (Phi) is 4.43. The molecule has 2 N–H and O–H groups in total. The predicted molar refractivity (Wildman–Crippen MR) is 62.3 cm³/mol. The normalized spacial score (nSPS) is 11.9. The molecule has 1 atom stereocenters. The van der Waals surface area contributed by atoms with Crippen LogP contribution in [0.25, 0.3) is 0 Å². The molecular weight excluding hydrogens is 230 g/mol. The molecule has 0 aromatic heterocycles. The van der Waals surface area contributed by atoms with Gasteiger partial charge in [0.1, 0.15) is 11.5 Å². The molecule has 1 rings (SSSR count). The number of amides is 1. The van der Waals surface area contributed by atoms with Crippen molar-refractivity contribution in [3.63, 3.8) is 0 Å². The molecule has 88 valence electrons. The summed E-state index contributed by atoms with van der Waals surface area (Å²) in [5.74, 6) is 0.0338. The number of phenolic OH excluding ortho intramolecular Hbond substituents is 1. The number of methoxy groups -OCH3 is 1. The third kappa shape index (κ3) is 3.31. The summed E-state index contributed by atoms with van der Waals surface area (Å²) >= 11 is 5.70. The van der Waals surface area contributed by atoms with Crippen LogP contribution in [0.3, 0.4) is 0 Å². The van der Waals surface area contributed by atoms with Crippen LogP contribution in [0.2, 0.25) is 0 Å². The summed E-state index contributed by atoms with van der Waals surface area (Å²) < 4.78 is 4.92. The van der Waals surface area contributed by atoms with Crippen molar-refractivity contribution in [3.8, 4) is 11.5 Å². The second kappa shape index (κ2) is 5.61. The van der Waals surface area contributed by atoms with Crippen LogP contribution in [0.5, 0.6) is 11.5 Å². The van der Waals surface area contributed by atoms with E-state index in [0.717, 1.165) is 0 Å². The van der Waals surface area contributed by atoms with Gasteiger partial charge in [-0.1, -0.05) is 0 Å². The lowest BCUT2D eigenvalue weighted by Gasteiger charge is -2.08. The van der Waals surface area contributed by atoms with E-state index >= 15 is 0 Å². The number of halogens is 1. The van der Waals surface area contributed by atoms with Crippen LogP contribution < -0.4 is 10.1 Å². The maximum absolute atomic E-state index is 11.6. The van der Waals surface area contributed by atoms with Crippen molar-refractivity contribution in [1.29, 1.82) is 0 Å². The number of hydrogen-bond donors (Lipinski definition) is 2. The molecule has 0 aliphatic carbocycles. The van der Waals surface area contributed by atoms with Gasteiger partial charge in [-0.05, 0) is 19.1 Å². The highest BCUT2D eigenvalue weighted by Gasteiger charge is 2.11. The molecule has 0 fully saturated rings. The van der Waals surface area contributed by atoms with E-state index < -0.39 is 0 Å². The van der Waals surface area contributed by atoms with E-state index in [4.69, 9.17) is 16.3 Å². The average Bonchev–Trinajstić information content (AvgIpc) is 2.25. The van der Waals surface area contributed by atoms with Gasteiger partial charge in [-0.15, -0.1) is 11.6 Å². The minimum Gasteiger partial charge on any atom is -0.507 e. The molecule has 0 saturated heterocycles. The fraction of sp³-hybridized carbons (Fsp3) is 0.364. The number of nitrogens with one attached hydrogen (secondary N) is 1. The molecule has 0 saturated carbocycles. The maximum Gasteiger partial charge on any atom is 0.255 e. The van der Waals surface area contributed by atoms with Gasteiger partial charge in [0.2, 0.25) is 0 Å². The highest BCUT2D eigenvalue weighted by atomic mass is 35.5. The van der Waals surface area contributed by atoms with Gasteiger partial charge < -0.3 is 15.2 Å². The first-order valence-electron chi connectivity index (χ1n) is 4.84. The fourth-order valence-corrected chi connectivity index (χ4v) is 1.24. The zero-order valence-corrected chi connectivity index (χ0v) is 9.91. The first-order valence-corrected chi connectivity index (χ1v) is 5.27.